The molecule has 2 atom stereocenters. The molecule has 76 valence electrons. The van der Waals surface area contributed by atoms with Crippen molar-refractivity contribution in [2.24, 2.45) is 5.92 Å². The van der Waals surface area contributed by atoms with Crippen molar-refractivity contribution in [1.29, 1.82) is 0 Å². The van der Waals surface area contributed by atoms with Crippen LogP contribution in [0.25, 0.3) is 0 Å². The van der Waals surface area contributed by atoms with E-state index in [1.165, 1.54) is 0 Å². The summed E-state index contributed by atoms with van der Waals surface area (Å²) in [5.74, 6) is 1.36. The number of aromatic nitrogens is 1. The van der Waals surface area contributed by atoms with Crippen molar-refractivity contribution < 1.29 is 9.47 Å². The molecule has 1 saturated heterocycles. The molecular formula is C11H15NO2. The lowest BCUT2D eigenvalue weighted by atomic mass is 10.0. The lowest BCUT2D eigenvalue weighted by Gasteiger charge is -2.12. The first kappa shape index (κ1) is 9.46. The molecule has 3 nitrogen and oxygen atoms in total. The van der Waals surface area contributed by atoms with Crippen LogP contribution in [-0.2, 0) is 4.74 Å². The standard InChI is InChI=1S/C11H15NO2/c1-2-9(11-8-14-11)7-13-10-4-3-5-12-6-10/h3-6,9,11H,2,7-8H2,1H3. The van der Waals surface area contributed by atoms with Crippen LogP contribution in [0, 0.1) is 5.92 Å². The van der Waals surface area contributed by atoms with Gasteiger partial charge >= 0.3 is 0 Å². The van der Waals surface area contributed by atoms with E-state index in [1.54, 1.807) is 12.4 Å². The molecule has 0 radical (unpaired) electrons. The minimum absolute atomic E-state index is 0.427. The largest absolute Gasteiger partial charge is 0.492 e. The topological polar surface area (TPSA) is 34.6 Å². The number of rotatable bonds is 5. The fourth-order valence-corrected chi connectivity index (χ4v) is 1.45. The summed E-state index contributed by atoms with van der Waals surface area (Å²) in [6, 6.07) is 3.80. The van der Waals surface area contributed by atoms with Crippen molar-refractivity contribution in [2.45, 2.75) is 19.4 Å². The molecule has 1 fully saturated rings. The first-order valence-electron chi connectivity index (χ1n) is 5.04. The van der Waals surface area contributed by atoms with Gasteiger partial charge in [-0.05, 0) is 18.6 Å². The molecule has 0 bridgehead atoms. The molecule has 14 heavy (non-hydrogen) atoms. The molecule has 0 N–H and O–H groups in total. The van der Waals surface area contributed by atoms with Crippen LogP contribution in [0.5, 0.6) is 5.75 Å². The fraction of sp³-hybridized carbons (Fsp3) is 0.545. The van der Waals surface area contributed by atoms with Crippen LogP contribution < -0.4 is 4.74 Å². The highest BCUT2D eigenvalue weighted by Gasteiger charge is 2.31. The Bertz CT molecular complexity index is 272. The number of nitrogens with zero attached hydrogens (tertiary/aromatic N) is 1. The third-order valence-electron chi connectivity index (χ3n) is 2.51. The molecule has 1 aliphatic rings. The summed E-state index contributed by atoms with van der Waals surface area (Å²) in [7, 11) is 0. The van der Waals surface area contributed by atoms with E-state index in [4.69, 9.17) is 9.47 Å². The van der Waals surface area contributed by atoms with Crippen LogP contribution in [0.1, 0.15) is 13.3 Å². The molecule has 0 spiro atoms. The molecule has 0 saturated carbocycles. The second-order valence-electron chi connectivity index (χ2n) is 3.54. The summed E-state index contributed by atoms with van der Waals surface area (Å²) in [5.41, 5.74) is 0. The maximum Gasteiger partial charge on any atom is 0.137 e. The number of hydrogen-bond acceptors (Lipinski definition) is 3. The highest BCUT2D eigenvalue weighted by Crippen LogP contribution is 2.23. The van der Waals surface area contributed by atoms with Gasteiger partial charge in [-0.2, -0.15) is 0 Å². The average Bonchev–Trinajstić information content (AvgIpc) is 3.05. The van der Waals surface area contributed by atoms with E-state index in [1.807, 2.05) is 12.1 Å². The van der Waals surface area contributed by atoms with E-state index in [0.29, 0.717) is 12.0 Å². The Morgan fingerprint density at radius 2 is 2.57 bits per heavy atom. The van der Waals surface area contributed by atoms with Crippen molar-refractivity contribution in [3.8, 4) is 5.75 Å². The summed E-state index contributed by atoms with van der Waals surface area (Å²) < 4.78 is 10.9. The minimum atomic E-state index is 0.427. The summed E-state index contributed by atoms with van der Waals surface area (Å²) in [4.78, 5) is 3.99. The Hall–Kier alpha value is -1.09. The first-order chi connectivity index (χ1) is 6.90. The van der Waals surface area contributed by atoms with E-state index in [0.717, 1.165) is 25.4 Å². The predicted molar refractivity (Wildman–Crippen MR) is 53.3 cm³/mol. The third kappa shape index (κ3) is 2.45. The second kappa shape index (κ2) is 4.42. The van der Waals surface area contributed by atoms with Gasteiger partial charge < -0.3 is 9.47 Å². The average molecular weight is 193 g/mol. The Morgan fingerprint density at radius 1 is 1.71 bits per heavy atom. The monoisotopic (exact) mass is 193 g/mol. The Balaban J connectivity index is 1.81. The zero-order chi connectivity index (χ0) is 9.80. The van der Waals surface area contributed by atoms with Crippen LogP contribution >= 0.6 is 0 Å². The number of pyridine rings is 1. The number of ether oxygens (including phenoxy) is 2. The lowest BCUT2D eigenvalue weighted by Crippen LogP contribution is -2.16. The van der Waals surface area contributed by atoms with Gasteiger partial charge in [-0.3, -0.25) is 4.98 Å². The summed E-state index contributed by atoms with van der Waals surface area (Å²) in [6.45, 7) is 3.79. The quantitative estimate of drug-likeness (QED) is 0.670. The van der Waals surface area contributed by atoms with Gasteiger partial charge in [-0.25, -0.2) is 0 Å². The Morgan fingerprint density at radius 3 is 3.14 bits per heavy atom. The summed E-state index contributed by atoms with van der Waals surface area (Å²) in [6.07, 6.45) is 5.01. The van der Waals surface area contributed by atoms with Crippen molar-refractivity contribution >= 4 is 0 Å². The molecule has 2 rings (SSSR count). The van der Waals surface area contributed by atoms with E-state index in [9.17, 15) is 0 Å². The van der Waals surface area contributed by atoms with E-state index in [2.05, 4.69) is 11.9 Å². The maximum absolute atomic E-state index is 5.62. The van der Waals surface area contributed by atoms with E-state index in [-0.39, 0.29) is 0 Å². The first-order valence-corrected chi connectivity index (χ1v) is 5.04. The summed E-state index contributed by atoms with van der Waals surface area (Å²) in [5, 5.41) is 0. The van der Waals surface area contributed by atoms with Gasteiger partial charge in [0, 0.05) is 12.1 Å². The third-order valence-corrected chi connectivity index (χ3v) is 2.51. The van der Waals surface area contributed by atoms with Crippen molar-refractivity contribution in [3.05, 3.63) is 24.5 Å². The van der Waals surface area contributed by atoms with Gasteiger partial charge in [0.05, 0.1) is 25.5 Å². The van der Waals surface area contributed by atoms with Gasteiger partial charge in [0.2, 0.25) is 0 Å². The van der Waals surface area contributed by atoms with E-state index < -0.39 is 0 Å². The summed E-state index contributed by atoms with van der Waals surface area (Å²) >= 11 is 0. The smallest absolute Gasteiger partial charge is 0.137 e. The molecule has 1 aliphatic heterocycles. The van der Waals surface area contributed by atoms with Crippen molar-refractivity contribution in [3.63, 3.8) is 0 Å². The van der Waals surface area contributed by atoms with Crippen molar-refractivity contribution in [2.75, 3.05) is 13.2 Å². The zero-order valence-corrected chi connectivity index (χ0v) is 8.35. The Kier molecular flexibility index (Phi) is 2.99. The van der Waals surface area contributed by atoms with Gasteiger partial charge in [0.1, 0.15) is 5.75 Å². The molecule has 1 aromatic heterocycles. The van der Waals surface area contributed by atoms with Gasteiger partial charge in [-0.1, -0.05) is 6.92 Å². The normalized spacial score (nSPS) is 21.6. The zero-order valence-electron chi connectivity index (χ0n) is 8.35. The second-order valence-corrected chi connectivity index (χ2v) is 3.54. The molecule has 2 unspecified atom stereocenters. The van der Waals surface area contributed by atoms with Gasteiger partial charge in [0.25, 0.3) is 0 Å². The Labute approximate surface area is 84.1 Å². The number of epoxide rings is 1. The van der Waals surface area contributed by atoms with Crippen LogP contribution in [0.2, 0.25) is 0 Å². The van der Waals surface area contributed by atoms with Crippen LogP contribution in [-0.4, -0.2) is 24.3 Å². The van der Waals surface area contributed by atoms with Crippen LogP contribution in [0.15, 0.2) is 24.5 Å². The molecule has 0 aromatic carbocycles. The highest BCUT2D eigenvalue weighted by molar-refractivity contribution is 5.15. The van der Waals surface area contributed by atoms with Crippen molar-refractivity contribution in [1.82, 2.24) is 4.98 Å². The highest BCUT2D eigenvalue weighted by atomic mass is 16.6. The molecule has 2 heterocycles. The van der Waals surface area contributed by atoms with Crippen LogP contribution in [0.3, 0.4) is 0 Å². The molecule has 3 heteroatoms. The van der Waals surface area contributed by atoms with E-state index >= 15 is 0 Å². The molecule has 0 aliphatic carbocycles. The minimum Gasteiger partial charge on any atom is -0.492 e. The molecular weight excluding hydrogens is 178 g/mol. The SMILES string of the molecule is CCC(COc1cccnc1)C1CO1. The lowest BCUT2D eigenvalue weighted by molar-refractivity contribution is 0.206. The molecule has 0 amide bonds. The molecule has 1 aromatic rings. The number of hydrogen-bond donors (Lipinski definition) is 0. The fourth-order valence-electron chi connectivity index (χ4n) is 1.45. The van der Waals surface area contributed by atoms with Crippen LogP contribution in [0.4, 0.5) is 0 Å². The van der Waals surface area contributed by atoms with Gasteiger partial charge in [0.15, 0.2) is 0 Å². The predicted octanol–water partition coefficient (Wildman–Crippen LogP) is 1.89. The van der Waals surface area contributed by atoms with Gasteiger partial charge in [-0.15, -0.1) is 0 Å². The maximum atomic E-state index is 5.62.